The lowest BCUT2D eigenvalue weighted by molar-refractivity contribution is 0.672. The maximum absolute atomic E-state index is 5.51. The van der Waals surface area contributed by atoms with Crippen LogP contribution in [0.2, 0.25) is 0 Å². The Bertz CT molecular complexity index is 233. The van der Waals surface area contributed by atoms with Gasteiger partial charge in [-0.3, -0.25) is 4.68 Å². The zero-order valence-corrected chi connectivity index (χ0v) is 7.96. The Morgan fingerprint density at radius 2 is 1.92 bits per heavy atom. The van der Waals surface area contributed by atoms with E-state index in [1.165, 1.54) is 11.4 Å². The number of aromatic nitrogens is 1. The number of nitrogens with one attached hydrogen (secondary N) is 1. The number of nitrogens with zero attached hydrogens (tertiary/aromatic N) is 1. The van der Waals surface area contributed by atoms with Crippen LogP contribution in [0.1, 0.15) is 18.3 Å². The van der Waals surface area contributed by atoms with Gasteiger partial charge in [0.05, 0.1) is 6.04 Å². The van der Waals surface area contributed by atoms with Crippen LogP contribution < -0.4 is 11.2 Å². The van der Waals surface area contributed by atoms with Crippen molar-refractivity contribution in [3.05, 3.63) is 23.5 Å². The normalized spacial score (nSPS) is 13.0. The summed E-state index contributed by atoms with van der Waals surface area (Å²) in [6.45, 7) is 6.86. The first kappa shape index (κ1) is 9.13. The molecule has 3 nitrogen and oxygen atoms in total. The van der Waals surface area contributed by atoms with Gasteiger partial charge in [0.2, 0.25) is 0 Å². The van der Waals surface area contributed by atoms with Gasteiger partial charge in [0.25, 0.3) is 0 Å². The van der Waals surface area contributed by atoms with Gasteiger partial charge in [-0.2, -0.15) is 0 Å². The molecule has 3 N–H and O–H groups in total. The Labute approximate surface area is 73.5 Å². The monoisotopic (exact) mass is 167 g/mol. The van der Waals surface area contributed by atoms with Gasteiger partial charge in [0.15, 0.2) is 0 Å². The Morgan fingerprint density at radius 1 is 1.42 bits per heavy atom. The molecule has 1 rings (SSSR count). The van der Waals surface area contributed by atoms with Gasteiger partial charge >= 0.3 is 0 Å². The van der Waals surface area contributed by atoms with Crippen molar-refractivity contribution in [1.82, 2.24) is 4.68 Å². The molecule has 12 heavy (non-hydrogen) atoms. The van der Waals surface area contributed by atoms with Crippen molar-refractivity contribution >= 4 is 0 Å². The van der Waals surface area contributed by atoms with Crippen molar-refractivity contribution in [2.24, 2.45) is 5.73 Å². The molecule has 0 radical (unpaired) electrons. The van der Waals surface area contributed by atoms with Gasteiger partial charge < -0.3 is 11.2 Å². The molecule has 1 aromatic rings. The second-order valence-electron chi connectivity index (χ2n) is 3.22. The highest BCUT2D eigenvalue weighted by atomic mass is 15.4. The zero-order chi connectivity index (χ0) is 9.14. The molecule has 0 aliphatic heterocycles. The van der Waals surface area contributed by atoms with E-state index in [0.29, 0.717) is 12.6 Å². The van der Waals surface area contributed by atoms with Gasteiger partial charge in [-0.05, 0) is 32.9 Å². The zero-order valence-electron chi connectivity index (χ0n) is 7.96. The first-order chi connectivity index (χ1) is 5.65. The Kier molecular flexibility index (Phi) is 2.76. The van der Waals surface area contributed by atoms with Crippen LogP contribution in [0.15, 0.2) is 12.1 Å². The average molecular weight is 167 g/mol. The molecule has 1 atom stereocenters. The molecule has 0 saturated heterocycles. The molecule has 0 saturated carbocycles. The van der Waals surface area contributed by atoms with Gasteiger partial charge in [-0.1, -0.05) is 0 Å². The fourth-order valence-corrected chi connectivity index (χ4v) is 1.15. The number of aryl methyl sites for hydroxylation is 2. The van der Waals surface area contributed by atoms with E-state index in [2.05, 4.69) is 43.0 Å². The highest BCUT2D eigenvalue weighted by Crippen LogP contribution is 2.04. The lowest BCUT2D eigenvalue weighted by Gasteiger charge is -2.17. The first-order valence-electron chi connectivity index (χ1n) is 4.26. The molecule has 0 aliphatic carbocycles. The van der Waals surface area contributed by atoms with E-state index in [-0.39, 0.29) is 0 Å². The third kappa shape index (κ3) is 1.80. The van der Waals surface area contributed by atoms with Crippen molar-refractivity contribution in [2.45, 2.75) is 26.8 Å². The lowest BCUT2D eigenvalue weighted by atomic mass is 10.4. The van der Waals surface area contributed by atoms with Crippen molar-refractivity contribution in [1.29, 1.82) is 0 Å². The lowest BCUT2D eigenvalue weighted by Crippen LogP contribution is -2.32. The topological polar surface area (TPSA) is 43.0 Å². The van der Waals surface area contributed by atoms with Gasteiger partial charge in [-0.15, -0.1) is 0 Å². The number of hydrogen-bond donors (Lipinski definition) is 2. The molecular formula is C9H17N3. The summed E-state index contributed by atoms with van der Waals surface area (Å²) in [7, 11) is 0. The molecule has 0 bridgehead atoms. The molecule has 1 unspecified atom stereocenters. The van der Waals surface area contributed by atoms with Crippen molar-refractivity contribution in [2.75, 3.05) is 12.0 Å². The molecule has 1 aromatic heterocycles. The van der Waals surface area contributed by atoms with Crippen LogP contribution in [0.25, 0.3) is 0 Å². The van der Waals surface area contributed by atoms with E-state index >= 15 is 0 Å². The van der Waals surface area contributed by atoms with Crippen LogP contribution in [0.5, 0.6) is 0 Å². The molecule has 1 heterocycles. The minimum atomic E-state index is 0.315. The molecule has 3 heteroatoms. The summed E-state index contributed by atoms with van der Waals surface area (Å²) < 4.78 is 2.07. The SMILES string of the molecule is Cc1ccc(C)n1NC(C)CN. The summed E-state index contributed by atoms with van der Waals surface area (Å²) in [5.74, 6) is 0. The number of rotatable bonds is 3. The van der Waals surface area contributed by atoms with E-state index in [4.69, 9.17) is 5.73 Å². The smallest absolute Gasteiger partial charge is 0.0518 e. The van der Waals surface area contributed by atoms with Crippen LogP contribution in [0, 0.1) is 13.8 Å². The minimum absolute atomic E-state index is 0.315. The van der Waals surface area contributed by atoms with Crippen molar-refractivity contribution < 1.29 is 0 Å². The second kappa shape index (κ2) is 3.63. The predicted octanol–water partition coefficient (Wildman–Crippen LogP) is 0.996. The predicted molar refractivity (Wildman–Crippen MR) is 51.8 cm³/mol. The van der Waals surface area contributed by atoms with Crippen LogP contribution in [0.4, 0.5) is 0 Å². The molecule has 0 aromatic carbocycles. The number of hydrogen-bond acceptors (Lipinski definition) is 2. The second-order valence-corrected chi connectivity index (χ2v) is 3.22. The van der Waals surface area contributed by atoms with E-state index in [0.717, 1.165) is 0 Å². The van der Waals surface area contributed by atoms with Gasteiger partial charge in [0.1, 0.15) is 0 Å². The summed E-state index contributed by atoms with van der Waals surface area (Å²) in [6.07, 6.45) is 0. The summed E-state index contributed by atoms with van der Waals surface area (Å²) in [6, 6.07) is 4.49. The average Bonchev–Trinajstić information content (AvgIpc) is 2.35. The molecule has 0 fully saturated rings. The van der Waals surface area contributed by atoms with Crippen LogP contribution in [0.3, 0.4) is 0 Å². The fourth-order valence-electron chi connectivity index (χ4n) is 1.15. The maximum Gasteiger partial charge on any atom is 0.0518 e. The summed E-state index contributed by atoms with van der Waals surface area (Å²) in [4.78, 5) is 0. The number of nitrogens with two attached hydrogens (primary N) is 1. The minimum Gasteiger partial charge on any atom is -0.328 e. The molecule has 0 aliphatic rings. The third-order valence-electron chi connectivity index (χ3n) is 1.97. The van der Waals surface area contributed by atoms with Crippen LogP contribution in [-0.4, -0.2) is 17.3 Å². The first-order valence-corrected chi connectivity index (χ1v) is 4.26. The fraction of sp³-hybridized carbons (Fsp3) is 0.556. The summed E-state index contributed by atoms with van der Waals surface area (Å²) >= 11 is 0. The summed E-state index contributed by atoms with van der Waals surface area (Å²) in [5, 5.41) is 0. The highest BCUT2D eigenvalue weighted by molar-refractivity contribution is 5.15. The quantitative estimate of drug-likeness (QED) is 0.705. The van der Waals surface area contributed by atoms with E-state index < -0.39 is 0 Å². The van der Waals surface area contributed by atoms with Crippen LogP contribution in [-0.2, 0) is 0 Å². The van der Waals surface area contributed by atoms with Crippen molar-refractivity contribution in [3.63, 3.8) is 0 Å². The van der Waals surface area contributed by atoms with E-state index in [1.54, 1.807) is 0 Å². The van der Waals surface area contributed by atoms with Gasteiger partial charge in [-0.25, -0.2) is 0 Å². The van der Waals surface area contributed by atoms with Crippen LogP contribution >= 0.6 is 0 Å². The largest absolute Gasteiger partial charge is 0.328 e. The molecular weight excluding hydrogens is 150 g/mol. The Balaban J connectivity index is 2.73. The molecule has 0 spiro atoms. The van der Waals surface area contributed by atoms with E-state index in [9.17, 15) is 0 Å². The standard InChI is InChI=1S/C9H17N3/c1-7(6-10)11-12-8(2)4-5-9(12)3/h4-5,7,11H,6,10H2,1-3H3. The molecule has 0 amide bonds. The molecule has 68 valence electrons. The van der Waals surface area contributed by atoms with Gasteiger partial charge in [0, 0.05) is 17.9 Å². The summed E-state index contributed by atoms with van der Waals surface area (Å²) in [5.41, 5.74) is 11.2. The van der Waals surface area contributed by atoms with Crippen molar-refractivity contribution in [3.8, 4) is 0 Å². The van der Waals surface area contributed by atoms with E-state index in [1.807, 2.05) is 0 Å². The Morgan fingerprint density at radius 3 is 2.33 bits per heavy atom. The maximum atomic E-state index is 5.51. The third-order valence-corrected chi connectivity index (χ3v) is 1.97. The Hall–Kier alpha value is -0.960. The highest BCUT2D eigenvalue weighted by Gasteiger charge is 2.02.